The lowest BCUT2D eigenvalue weighted by molar-refractivity contribution is 0.481. The van der Waals surface area contributed by atoms with Crippen LogP contribution in [0.2, 0.25) is 0 Å². The van der Waals surface area contributed by atoms with E-state index >= 15 is 0 Å². The first kappa shape index (κ1) is 53.3. The van der Waals surface area contributed by atoms with E-state index in [1.807, 2.05) is 0 Å². The second-order valence-electron chi connectivity index (χ2n) is 13.8. The van der Waals surface area contributed by atoms with E-state index in [9.17, 15) is 70.8 Å². The van der Waals surface area contributed by atoms with E-state index < -0.39 is 66.3 Å². The summed E-state index contributed by atoms with van der Waals surface area (Å²) < 4.78 is 155. The van der Waals surface area contributed by atoms with Gasteiger partial charge in [0.05, 0.1) is 19.6 Å². The summed E-state index contributed by atoms with van der Waals surface area (Å²) in [6.07, 6.45) is 0. The molecule has 0 aliphatic heterocycles. The summed E-state index contributed by atoms with van der Waals surface area (Å²) >= 11 is 0. The van der Waals surface area contributed by atoms with Crippen molar-refractivity contribution in [2.45, 2.75) is 47.3 Å². The fraction of sp³-hybridized carbons (Fsp3) is 0.100. The molecule has 0 fully saturated rings. The third kappa shape index (κ3) is 11.8. The van der Waals surface area contributed by atoms with Gasteiger partial charge in [0.1, 0.15) is 0 Å². The molecule has 340 valence electrons. The van der Waals surface area contributed by atoms with Crippen molar-refractivity contribution in [3.63, 3.8) is 0 Å². The molecule has 0 amide bonds. The van der Waals surface area contributed by atoms with Gasteiger partial charge in [0.15, 0.2) is 0 Å². The second kappa shape index (κ2) is 20.0. The first-order valence-corrected chi connectivity index (χ1v) is 25.7. The molecule has 64 heavy (non-hydrogen) atoms. The Labute approximate surface area is 371 Å². The highest BCUT2D eigenvalue weighted by molar-refractivity contribution is 7.86. The summed E-state index contributed by atoms with van der Waals surface area (Å²) in [7, 11) is -23.8. The molecule has 0 heterocycles. The predicted molar refractivity (Wildman–Crippen MR) is 242 cm³/mol. The normalized spacial score (nSPS) is 12.2. The van der Waals surface area contributed by atoms with Crippen molar-refractivity contribution in [1.29, 1.82) is 0 Å². The summed E-state index contributed by atoms with van der Waals surface area (Å²) in [5.41, 5.74) is 4.75. The zero-order valence-corrected chi connectivity index (χ0v) is 39.2. The van der Waals surface area contributed by atoms with E-state index in [1.165, 1.54) is 97.1 Å². The monoisotopic (exact) mass is 996 g/mol. The Morgan fingerprint density at radius 1 is 0.359 bits per heavy atom. The molecule has 0 radical (unpaired) electrons. The molecule has 2 atom stereocenters. The van der Waals surface area contributed by atoms with Crippen LogP contribution < -0.4 is 22.9 Å². The lowest BCUT2D eigenvalue weighted by Gasteiger charge is -2.15. The standard InChI is InChI=1S/2C20H17O8PS2.2H3N/c2*1-12-6-8-14(30(23,24)25)10-17(12)16-4-3-5-19(29(21)22)20(16)18-11-15(31(26,27)28)9-7-13(18)2;;/h2*3-11H,1-2H3,(H2-,21,22,23,24,25,26,27,28);2*1H3/p+2. The maximum atomic E-state index is 12.1. The molecule has 0 spiro atoms. The smallest absolute Gasteiger partial charge is 0.344 e. The minimum Gasteiger partial charge on any atom is -0.344 e. The molecule has 0 saturated carbocycles. The van der Waals surface area contributed by atoms with E-state index in [0.717, 1.165) is 0 Å². The van der Waals surface area contributed by atoms with Gasteiger partial charge in [-0.25, -0.2) is 0 Å². The molecule has 0 saturated heterocycles. The van der Waals surface area contributed by atoms with Crippen LogP contribution >= 0.6 is 16.1 Å². The molecular weight excluding hydrogens is 955 g/mol. The van der Waals surface area contributed by atoms with Gasteiger partial charge in [0, 0.05) is 11.1 Å². The Kier molecular flexibility index (Phi) is 16.7. The lowest BCUT2D eigenvalue weighted by atomic mass is 9.90. The molecule has 0 aliphatic rings. The molecule has 6 aromatic rings. The van der Waals surface area contributed by atoms with Crippen molar-refractivity contribution >= 4 is 67.1 Å². The topological polar surface area (TPSA) is 362 Å². The van der Waals surface area contributed by atoms with Gasteiger partial charge in [0.25, 0.3) is 40.5 Å². The van der Waals surface area contributed by atoms with E-state index in [-0.39, 0.29) is 55.0 Å². The van der Waals surface area contributed by atoms with Crippen LogP contribution in [0.3, 0.4) is 0 Å². The summed E-state index contributed by atoms with van der Waals surface area (Å²) in [5, 5.41) is -0.000470. The highest BCUT2D eigenvalue weighted by atomic mass is 32.2. The molecule has 12 N–H and O–H groups in total. The number of aryl methyl sites for hydroxylation is 4. The zero-order chi connectivity index (χ0) is 46.3. The quantitative estimate of drug-likeness (QED) is 0.0492. The van der Waals surface area contributed by atoms with Crippen molar-refractivity contribution in [3.05, 3.63) is 131 Å². The van der Waals surface area contributed by atoms with Crippen LogP contribution in [0, 0.1) is 27.7 Å². The van der Waals surface area contributed by atoms with E-state index in [1.54, 1.807) is 39.8 Å². The van der Waals surface area contributed by atoms with Crippen LogP contribution in [0.15, 0.2) is 129 Å². The van der Waals surface area contributed by atoms with Gasteiger partial charge in [-0.2, -0.15) is 43.5 Å². The van der Waals surface area contributed by atoms with Crippen LogP contribution in [0.1, 0.15) is 22.3 Å². The maximum Gasteiger partial charge on any atom is 0.546 e. The molecule has 0 aliphatic carbocycles. The van der Waals surface area contributed by atoms with Gasteiger partial charge < -0.3 is 12.3 Å². The zero-order valence-electron chi connectivity index (χ0n) is 34.1. The molecule has 24 heteroatoms. The molecule has 6 rings (SSSR count). The average Bonchev–Trinajstić information content (AvgIpc) is 3.16. The van der Waals surface area contributed by atoms with E-state index in [0.29, 0.717) is 44.5 Å². The minimum absolute atomic E-state index is 0. The van der Waals surface area contributed by atoms with Gasteiger partial charge in [-0.3, -0.25) is 18.2 Å². The fourth-order valence-corrected chi connectivity index (χ4v) is 9.90. The third-order valence-electron chi connectivity index (χ3n) is 9.64. The fourth-order valence-electron chi connectivity index (χ4n) is 6.58. The SMILES string of the molecule is Cc1ccc(S(=O)(=O)O)cc1-c1cccc([P+](=O)O)c1-c1cc(S(=O)(=O)O)ccc1C.Cc1ccc(S(=O)(=O)O)cc1-c1cccc([P+](=O)O)c1-c1cc(S(=O)(=O)O)ccc1C.N.N. The van der Waals surface area contributed by atoms with Crippen LogP contribution in [0.5, 0.6) is 0 Å². The molecule has 0 aromatic heterocycles. The average molecular weight is 997 g/mol. The van der Waals surface area contributed by atoms with E-state index in [2.05, 4.69) is 0 Å². The predicted octanol–water partition coefficient (Wildman–Crippen LogP) is 7.31. The second-order valence-corrected chi connectivity index (χ2v) is 21.5. The summed E-state index contributed by atoms with van der Waals surface area (Å²) in [4.78, 5) is 18.3. The van der Waals surface area contributed by atoms with E-state index in [4.69, 9.17) is 0 Å². The van der Waals surface area contributed by atoms with Gasteiger partial charge in [-0.15, -0.1) is 0 Å². The Hall–Kier alpha value is -5.00. The summed E-state index contributed by atoms with van der Waals surface area (Å²) in [5.74, 6) is 0. The van der Waals surface area contributed by atoms with Crippen molar-refractivity contribution in [2.75, 3.05) is 0 Å². The molecular formula is C40H42N2O16P2S4+2. The summed E-state index contributed by atoms with van der Waals surface area (Å²) in [6.45, 7) is 6.71. The van der Waals surface area contributed by atoms with Crippen LogP contribution in [0.25, 0.3) is 44.5 Å². The Bertz CT molecular complexity index is 3090. The summed E-state index contributed by atoms with van der Waals surface area (Å²) in [6, 6.07) is 24.6. The number of hydrogen-bond donors (Lipinski definition) is 8. The third-order valence-corrected chi connectivity index (χ3v) is 14.6. The van der Waals surface area contributed by atoms with Crippen molar-refractivity contribution < 1.29 is 70.8 Å². The largest absolute Gasteiger partial charge is 0.546 e. The highest BCUT2D eigenvalue weighted by Gasteiger charge is 2.30. The van der Waals surface area contributed by atoms with Gasteiger partial charge in [-0.1, -0.05) is 48.5 Å². The first-order chi connectivity index (χ1) is 28.6. The number of hydrogen-bond acceptors (Lipinski definition) is 12. The molecule has 0 bridgehead atoms. The minimum atomic E-state index is -4.54. The van der Waals surface area contributed by atoms with Crippen molar-refractivity contribution in [1.82, 2.24) is 12.3 Å². The van der Waals surface area contributed by atoms with Crippen LogP contribution in [-0.4, -0.2) is 61.7 Å². The van der Waals surface area contributed by atoms with Crippen LogP contribution in [-0.2, 0) is 49.6 Å². The number of benzene rings is 6. The van der Waals surface area contributed by atoms with Crippen LogP contribution in [0.4, 0.5) is 0 Å². The Morgan fingerprint density at radius 3 is 0.828 bits per heavy atom. The lowest BCUT2D eigenvalue weighted by Crippen LogP contribution is -2.07. The molecule has 18 nitrogen and oxygen atoms in total. The first-order valence-electron chi connectivity index (χ1n) is 17.5. The molecule has 6 aromatic carbocycles. The van der Waals surface area contributed by atoms with Gasteiger partial charge >= 0.3 is 16.1 Å². The van der Waals surface area contributed by atoms with Crippen molar-refractivity contribution in [2.24, 2.45) is 0 Å². The Morgan fingerprint density at radius 2 is 0.594 bits per heavy atom. The van der Waals surface area contributed by atoms with Gasteiger partial charge in [-0.05, 0) is 153 Å². The highest BCUT2D eigenvalue weighted by Crippen LogP contribution is 2.41. The molecule has 2 unspecified atom stereocenters. The number of rotatable bonds is 10. The van der Waals surface area contributed by atoms with Gasteiger partial charge in [0.2, 0.25) is 10.6 Å². The Balaban J connectivity index is 0.000000330. The van der Waals surface area contributed by atoms with Crippen molar-refractivity contribution in [3.8, 4) is 44.5 Å². The maximum absolute atomic E-state index is 12.1.